The second kappa shape index (κ2) is 13.0. The number of halogens is 1. The number of carbonyl (C=O) groups is 1. The van der Waals surface area contributed by atoms with Gasteiger partial charge in [0.1, 0.15) is 18.4 Å². The van der Waals surface area contributed by atoms with E-state index in [4.69, 9.17) is 9.47 Å². The van der Waals surface area contributed by atoms with Gasteiger partial charge in [-0.1, -0.05) is 18.2 Å². The van der Waals surface area contributed by atoms with Crippen LogP contribution in [0.25, 0.3) is 0 Å². The number of aliphatic imine (C=N–C) groups is 1. The van der Waals surface area contributed by atoms with Crippen LogP contribution < -0.4 is 15.4 Å². The van der Waals surface area contributed by atoms with Crippen LogP contribution in [-0.2, 0) is 16.0 Å². The van der Waals surface area contributed by atoms with Gasteiger partial charge in [-0.15, -0.1) is 24.0 Å². The Kier molecular flexibility index (Phi) is 10.7. The Morgan fingerprint density at radius 2 is 2.00 bits per heavy atom. The van der Waals surface area contributed by atoms with Crippen molar-refractivity contribution < 1.29 is 14.3 Å². The van der Waals surface area contributed by atoms with E-state index in [2.05, 4.69) is 26.6 Å². The summed E-state index contributed by atoms with van der Waals surface area (Å²) < 4.78 is 11.4. The van der Waals surface area contributed by atoms with Crippen LogP contribution in [0.5, 0.6) is 5.75 Å². The highest BCUT2D eigenvalue weighted by molar-refractivity contribution is 14.0. The molecule has 1 unspecified atom stereocenters. The summed E-state index contributed by atoms with van der Waals surface area (Å²) in [6.07, 6.45) is 1.95. The van der Waals surface area contributed by atoms with E-state index in [0.29, 0.717) is 12.5 Å². The Balaban J connectivity index is 0.00000320. The number of likely N-dealkylation sites (N-methyl/N-ethyl adjacent to an activating group) is 1. The molecule has 1 fully saturated rings. The average molecular weight is 531 g/mol. The standard InChI is InChI=1S/C21H33N5O3.HI/c1-25(2)20(27)16-24-21(22-8-5-9-26-10-12-28-13-11-26)23-15-18-14-17-6-3-4-7-19(17)29-18;/h3-4,6-7,18H,5,8-16H2,1-2H3,(H2,22,23,24);1H. The van der Waals surface area contributed by atoms with Crippen molar-refractivity contribution in [2.75, 3.05) is 66.6 Å². The first kappa shape index (κ1) is 24.7. The van der Waals surface area contributed by atoms with E-state index in [-0.39, 0.29) is 42.5 Å². The molecule has 2 N–H and O–H groups in total. The van der Waals surface area contributed by atoms with Crippen LogP contribution in [0.15, 0.2) is 29.3 Å². The molecule has 0 aromatic heterocycles. The van der Waals surface area contributed by atoms with Crippen LogP contribution in [-0.4, -0.2) is 94.3 Å². The molecule has 0 radical (unpaired) electrons. The third kappa shape index (κ3) is 7.92. The summed E-state index contributed by atoms with van der Waals surface area (Å²) in [6.45, 7) is 6.21. The zero-order valence-corrected chi connectivity index (χ0v) is 20.3. The first-order valence-corrected chi connectivity index (χ1v) is 10.4. The Morgan fingerprint density at radius 3 is 2.73 bits per heavy atom. The molecule has 2 heterocycles. The van der Waals surface area contributed by atoms with Gasteiger partial charge in [0, 0.05) is 40.2 Å². The minimum atomic E-state index is -0.0241. The highest BCUT2D eigenvalue weighted by Crippen LogP contribution is 2.27. The number of fused-ring (bicyclic) bond motifs is 1. The van der Waals surface area contributed by atoms with Gasteiger partial charge < -0.3 is 25.0 Å². The smallest absolute Gasteiger partial charge is 0.243 e. The highest BCUT2D eigenvalue weighted by Gasteiger charge is 2.22. The van der Waals surface area contributed by atoms with Crippen molar-refractivity contribution in [1.29, 1.82) is 0 Å². The average Bonchev–Trinajstić information content (AvgIpc) is 3.16. The molecular formula is C21H34IN5O3. The van der Waals surface area contributed by atoms with E-state index < -0.39 is 0 Å². The number of ether oxygens (including phenoxy) is 2. The molecule has 1 saturated heterocycles. The van der Waals surface area contributed by atoms with Crippen molar-refractivity contribution >= 4 is 35.8 Å². The maximum atomic E-state index is 11.9. The largest absolute Gasteiger partial charge is 0.488 e. The van der Waals surface area contributed by atoms with E-state index in [1.807, 2.05) is 18.2 Å². The number of hydrogen-bond acceptors (Lipinski definition) is 5. The number of hydrogen-bond donors (Lipinski definition) is 2. The van der Waals surface area contributed by atoms with Gasteiger partial charge in [0.05, 0.1) is 19.8 Å². The number of nitrogens with zero attached hydrogens (tertiary/aromatic N) is 3. The van der Waals surface area contributed by atoms with Gasteiger partial charge in [0.25, 0.3) is 0 Å². The Labute approximate surface area is 196 Å². The van der Waals surface area contributed by atoms with Crippen molar-refractivity contribution in [3.63, 3.8) is 0 Å². The van der Waals surface area contributed by atoms with Crippen LogP contribution in [0.3, 0.4) is 0 Å². The lowest BCUT2D eigenvalue weighted by Gasteiger charge is -2.26. The summed E-state index contributed by atoms with van der Waals surface area (Å²) in [7, 11) is 3.48. The number of para-hydroxylation sites is 1. The summed E-state index contributed by atoms with van der Waals surface area (Å²) in [4.78, 5) is 20.3. The van der Waals surface area contributed by atoms with E-state index in [9.17, 15) is 4.79 Å². The first-order valence-electron chi connectivity index (χ1n) is 10.4. The molecule has 0 bridgehead atoms. The third-order valence-electron chi connectivity index (χ3n) is 5.13. The minimum absolute atomic E-state index is 0. The minimum Gasteiger partial charge on any atom is -0.488 e. The number of guanidine groups is 1. The van der Waals surface area contributed by atoms with Crippen LogP contribution in [0.1, 0.15) is 12.0 Å². The van der Waals surface area contributed by atoms with Gasteiger partial charge in [0.15, 0.2) is 5.96 Å². The number of morpholine rings is 1. The normalized spacial score (nSPS) is 18.7. The molecule has 0 aliphatic carbocycles. The predicted molar refractivity (Wildman–Crippen MR) is 129 cm³/mol. The SMILES string of the molecule is CN(C)C(=O)CN=C(NCCCN1CCOCC1)NCC1Cc2ccccc2O1.I. The molecule has 30 heavy (non-hydrogen) atoms. The molecule has 1 aromatic carbocycles. The van der Waals surface area contributed by atoms with E-state index >= 15 is 0 Å². The van der Waals surface area contributed by atoms with Crippen molar-refractivity contribution in [3.8, 4) is 5.75 Å². The maximum Gasteiger partial charge on any atom is 0.243 e. The number of amides is 1. The summed E-state index contributed by atoms with van der Waals surface area (Å²) in [5, 5.41) is 6.69. The van der Waals surface area contributed by atoms with Crippen LogP contribution >= 0.6 is 24.0 Å². The quantitative estimate of drug-likeness (QED) is 0.225. The molecule has 0 spiro atoms. The second-order valence-corrected chi connectivity index (χ2v) is 7.62. The second-order valence-electron chi connectivity index (χ2n) is 7.62. The number of carbonyl (C=O) groups excluding carboxylic acids is 1. The van der Waals surface area contributed by atoms with Crippen molar-refractivity contribution in [2.24, 2.45) is 4.99 Å². The Bertz CT molecular complexity index is 670. The first-order chi connectivity index (χ1) is 14.1. The highest BCUT2D eigenvalue weighted by atomic mass is 127. The van der Waals surface area contributed by atoms with Gasteiger partial charge in [-0.05, 0) is 24.6 Å². The lowest BCUT2D eigenvalue weighted by Crippen LogP contribution is -2.44. The maximum absolute atomic E-state index is 11.9. The monoisotopic (exact) mass is 531 g/mol. The van der Waals surface area contributed by atoms with E-state index in [1.54, 1.807) is 19.0 Å². The Hall–Kier alpha value is -1.59. The molecule has 2 aliphatic heterocycles. The fourth-order valence-electron chi connectivity index (χ4n) is 3.37. The fraction of sp³-hybridized carbons (Fsp3) is 0.619. The van der Waals surface area contributed by atoms with E-state index in [0.717, 1.165) is 58.0 Å². The molecule has 3 rings (SSSR count). The lowest BCUT2D eigenvalue weighted by molar-refractivity contribution is -0.127. The molecule has 1 aromatic rings. The molecule has 0 saturated carbocycles. The zero-order valence-electron chi connectivity index (χ0n) is 17.9. The Morgan fingerprint density at radius 1 is 1.23 bits per heavy atom. The van der Waals surface area contributed by atoms with Crippen molar-refractivity contribution in [2.45, 2.75) is 18.9 Å². The topological polar surface area (TPSA) is 78.4 Å². The number of rotatable bonds is 8. The van der Waals surface area contributed by atoms with Crippen molar-refractivity contribution in [3.05, 3.63) is 29.8 Å². The lowest BCUT2D eigenvalue weighted by atomic mass is 10.1. The summed E-state index contributed by atoms with van der Waals surface area (Å²) in [5.41, 5.74) is 1.24. The molecule has 9 heteroatoms. The molecule has 2 aliphatic rings. The predicted octanol–water partition coefficient (Wildman–Crippen LogP) is 0.954. The number of benzene rings is 1. The van der Waals surface area contributed by atoms with Gasteiger partial charge in [-0.2, -0.15) is 0 Å². The summed E-state index contributed by atoms with van der Waals surface area (Å²) in [6, 6.07) is 8.13. The fourth-order valence-corrected chi connectivity index (χ4v) is 3.37. The van der Waals surface area contributed by atoms with Crippen molar-refractivity contribution in [1.82, 2.24) is 20.4 Å². The van der Waals surface area contributed by atoms with Gasteiger partial charge in [-0.25, -0.2) is 4.99 Å². The molecule has 168 valence electrons. The van der Waals surface area contributed by atoms with E-state index in [1.165, 1.54) is 5.56 Å². The summed E-state index contributed by atoms with van der Waals surface area (Å²) in [5.74, 6) is 1.59. The molecule has 1 atom stereocenters. The van der Waals surface area contributed by atoms with Gasteiger partial charge >= 0.3 is 0 Å². The molecule has 1 amide bonds. The van der Waals surface area contributed by atoms with Crippen LogP contribution in [0, 0.1) is 0 Å². The molecular weight excluding hydrogens is 497 g/mol. The molecule has 8 nitrogen and oxygen atoms in total. The van der Waals surface area contributed by atoms with Crippen LogP contribution in [0.4, 0.5) is 0 Å². The summed E-state index contributed by atoms with van der Waals surface area (Å²) >= 11 is 0. The van der Waals surface area contributed by atoms with Gasteiger partial charge in [-0.3, -0.25) is 9.69 Å². The van der Waals surface area contributed by atoms with Crippen LogP contribution in [0.2, 0.25) is 0 Å². The van der Waals surface area contributed by atoms with Gasteiger partial charge in [0.2, 0.25) is 5.91 Å². The number of nitrogens with one attached hydrogen (secondary N) is 2. The third-order valence-corrected chi connectivity index (χ3v) is 5.13. The zero-order chi connectivity index (χ0) is 20.5.